The second kappa shape index (κ2) is 11.7. The number of ether oxygens (including phenoxy) is 1. The third-order valence-electron chi connectivity index (χ3n) is 9.32. The number of aryl methyl sites for hydroxylation is 2. The van der Waals surface area contributed by atoms with Crippen molar-refractivity contribution in [3.63, 3.8) is 0 Å². The monoisotopic (exact) mass is 646 g/mol. The number of carbonyl (C=O) groups excluding carboxylic acids is 1. The van der Waals surface area contributed by atoms with Gasteiger partial charge in [-0.05, 0) is 66.4 Å². The zero-order valence-corrected chi connectivity index (χ0v) is 25.9. The minimum Gasteiger partial charge on any atom is -0.508 e. The Hall–Kier alpha value is -4.98. The van der Waals surface area contributed by atoms with E-state index in [0.717, 1.165) is 19.4 Å². The van der Waals surface area contributed by atoms with Crippen molar-refractivity contribution in [2.45, 2.75) is 50.9 Å². The Balaban J connectivity index is 1.34. The molecule has 3 aromatic heterocycles. The molecule has 7 rings (SSSR count). The molecule has 1 amide bonds. The van der Waals surface area contributed by atoms with Gasteiger partial charge in [0.2, 0.25) is 0 Å². The molecule has 11 nitrogen and oxygen atoms in total. The fourth-order valence-corrected chi connectivity index (χ4v) is 7.07. The summed E-state index contributed by atoms with van der Waals surface area (Å²) in [7, 11) is 1.66. The van der Waals surface area contributed by atoms with E-state index in [4.69, 9.17) is 10.5 Å². The lowest BCUT2D eigenvalue weighted by molar-refractivity contribution is 0.0995. The molecule has 0 aliphatic carbocycles. The third-order valence-corrected chi connectivity index (χ3v) is 9.32. The Morgan fingerprint density at radius 2 is 2.06 bits per heavy atom. The maximum Gasteiger partial charge on any atom is 0.319 e. The number of hydrogen-bond donors (Lipinski definition) is 3. The number of pyridine rings is 1. The summed E-state index contributed by atoms with van der Waals surface area (Å²) >= 11 is 0. The molecule has 2 aromatic carbocycles. The van der Waals surface area contributed by atoms with Crippen LogP contribution < -0.4 is 15.8 Å². The molecule has 0 saturated carbocycles. The summed E-state index contributed by atoms with van der Waals surface area (Å²) in [6.45, 7) is 3.16. The van der Waals surface area contributed by atoms with Gasteiger partial charge in [0.25, 0.3) is 5.91 Å². The first kappa shape index (κ1) is 30.7. The number of phenols is 1. The lowest BCUT2D eigenvalue weighted by Gasteiger charge is -2.30. The van der Waals surface area contributed by atoms with Crippen LogP contribution in [0.1, 0.15) is 47.9 Å². The number of hydrogen-bond acceptors (Lipinski definition) is 9. The van der Waals surface area contributed by atoms with Crippen molar-refractivity contribution in [1.82, 2.24) is 29.6 Å². The number of halogens is 3. The quantitative estimate of drug-likeness (QED) is 0.206. The SMILES string of the molecule is CCc1c(F)ccc2cc(O)cc(-c3ncc4c(NCc5cc(C(N)=O)nn5C)nc(OC[C@@]56CCCN5C[C@H](F)C6)nc4c3F)c12. The van der Waals surface area contributed by atoms with Crippen LogP contribution in [-0.2, 0) is 20.0 Å². The van der Waals surface area contributed by atoms with Crippen molar-refractivity contribution in [3.8, 4) is 23.0 Å². The van der Waals surface area contributed by atoms with Crippen LogP contribution in [-0.4, -0.2) is 72.1 Å². The Labute approximate surface area is 267 Å². The Morgan fingerprint density at radius 3 is 2.83 bits per heavy atom. The number of fused-ring (bicyclic) bond motifs is 3. The van der Waals surface area contributed by atoms with E-state index in [2.05, 4.69) is 30.3 Å². The van der Waals surface area contributed by atoms with Gasteiger partial charge in [0.15, 0.2) is 5.82 Å². The summed E-state index contributed by atoms with van der Waals surface area (Å²) in [6, 6.07) is 7.11. The van der Waals surface area contributed by atoms with Gasteiger partial charge in [0.1, 0.15) is 47.1 Å². The van der Waals surface area contributed by atoms with Gasteiger partial charge in [-0.1, -0.05) is 13.0 Å². The van der Waals surface area contributed by atoms with Gasteiger partial charge in [-0.3, -0.25) is 19.4 Å². The van der Waals surface area contributed by atoms with Crippen LogP contribution in [0.25, 0.3) is 32.9 Å². The molecule has 2 fully saturated rings. The summed E-state index contributed by atoms with van der Waals surface area (Å²) < 4.78 is 53.7. The highest BCUT2D eigenvalue weighted by atomic mass is 19.1. The highest BCUT2D eigenvalue weighted by Crippen LogP contribution is 2.41. The van der Waals surface area contributed by atoms with Crippen molar-refractivity contribution in [3.05, 3.63) is 65.1 Å². The Kier molecular flexibility index (Phi) is 7.62. The van der Waals surface area contributed by atoms with E-state index in [9.17, 15) is 18.7 Å². The summed E-state index contributed by atoms with van der Waals surface area (Å²) in [5.41, 5.74) is 5.90. The molecular formula is C33H33F3N8O3. The number of benzene rings is 2. The van der Waals surface area contributed by atoms with Crippen molar-refractivity contribution >= 4 is 33.4 Å². The number of amides is 1. The zero-order chi connectivity index (χ0) is 33.0. The summed E-state index contributed by atoms with van der Waals surface area (Å²) in [6.07, 6.45) is 2.78. The predicted octanol–water partition coefficient (Wildman–Crippen LogP) is 4.79. The molecule has 4 N–H and O–H groups in total. The highest BCUT2D eigenvalue weighted by molar-refractivity contribution is 6.01. The molecule has 2 aliphatic heterocycles. The lowest BCUT2D eigenvalue weighted by Crippen LogP contribution is -2.43. The van der Waals surface area contributed by atoms with E-state index in [-0.39, 0.29) is 58.6 Å². The first-order valence-corrected chi connectivity index (χ1v) is 15.5. The maximum absolute atomic E-state index is 16.7. The van der Waals surface area contributed by atoms with E-state index >= 15 is 4.39 Å². The molecule has 47 heavy (non-hydrogen) atoms. The molecule has 0 spiro atoms. The average molecular weight is 647 g/mol. The number of aromatic hydroxyl groups is 1. The lowest BCUT2D eigenvalue weighted by atomic mass is 9.94. The number of rotatable bonds is 9. The second-order valence-corrected chi connectivity index (χ2v) is 12.2. The van der Waals surface area contributed by atoms with E-state index in [1.54, 1.807) is 14.0 Å². The fourth-order valence-electron chi connectivity index (χ4n) is 7.07. The first-order valence-electron chi connectivity index (χ1n) is 15.5. The zero-order valence-electron chi connectivity index (χ0n) is 25.9. The number of phenolic OH excluding ortho intramolecular Hbond substituents is 1. The maximum atomic E-state index is 16.7. The van der Waals surface area contributed by atoms with Crippen LogP contribution in [0.3, 0.4) is 0 Å². The van der Waals surface area contributed by atoms with Gasteiger partial charge in [0.05, 0.1) is 23.2 Å². The Morgan fingerprint density at radius 1 is 1.23 bits per heavy atom. The molecular weight excluding hydrogens is 613 g/mol. The number of anilines is 1. The number of nitrogens with two attached hydrogens (primary N) is 1. The molecule has 2 saturated heterocycles. The van der Waals surface area contributed by atoms with Gasteiger partial charge in [-0.25, -0.2) is 13.2 Å². The van der Waals surface area contributed by atoms with E-state index in [1.165, 1.54) is 41.2 Å². The minimum atomic E-state index is -0.959. The molecule has 244 valence electrons. The van der Waals surface area contributed by atoms with Gasteiger partial charge in [-0.15, -0.1) is 0 Å². The van der Waals surface area contributed by atoms with Crippen molar-refractivity contribution < 1.29 is 27.8 Å². The van der Waals surface area contributed by atoms with E-state index < -0.39 is 29.3 Å². The van der Waals surface area contributed by atoms with Gasteiger partial charge >= 0.3 is 6.01 Å². The number of nitrogens with one attached hydrogen (secondary N) is 1. The molecule has 14 heteroatoms. The molecule has 0 bridgehead atoms. The van der Waals surface area contributed by atoms with Crippen LogP contribution in [0, 0.1) is 11.6 Å². The molecule has 0 radical (unpaired) electrons. The topological polar surface area (TPSA) is 144 Å². The number of aromatic nitrogens is 5. The smallest absolute Gasteiger partial charge is 0.319 e. The summed E-state index contributed by atoms with van der Waals surface area (Å²) in [4.78, 5) is 27.2. The highest BCUT2D eigenvalue weighted by Gasteiger charge is 2.49. The third kappa shape index (κ3) is 5.35. The second-order valence-electron chi connectivity index (χ2n) is 12.2. The Bertz CT molecular complexity index is 2050. The van der Waals surface area contributed by atoms with Crippen LogP contribution in [0.5, 0.6) is 11.8 Å². The van der Waals surface area contributed by atoms with Crippen molar-refractivity contribution in [1.29, 1.82) is 0 Å². The van der Waals surface area contributed by atoms with Gasteiger partial charge in [0, 0.05) is 31.8 Å². The molecule has 2 aliphatic rings. The van der Waals surface area contributed by atoms with E-state index in [0.29, 0.717) is 41.4 Å². The molecule has 5 aromatic rings. The van der Waals surface area contributed by atoms with Gasteiger partial charge < -0.3 is 20.9 Å². The van der Waals surface area contributed by atoms with Crippen LogP contribution in [0.2, 0.25) is 0 Å². The number of alkyl halides is 1. The number of primary amides is 1. The first-order chi connectivity index (χ1) is 22.6. The predicted molar refractivity (Wildman–Crippen MR) is 169 cm³/mol. The standard InChI is InChI=1S/C33H33F3N8O3/c1-3-21-24(35)6-5-17-9-20(45)11-22(26(17)21)28-27(36)29-23(14-38-28)31(39-13-19-10-25(30(37)46)42-43(19)2)41-32(40-29)47-16-33-7-4-8-44(33)15-18(34)12-33/h5-6,9-11,14,18,45H,3-4,7-8,12-13,15-16H2,1-2H3,(H2,37,46)(H,39,40,41)/t18-,33+/m1/s1. The van der Waals surface area contributed by atoms with E-state index in [1.807, 2.05) is 0 Å². The van der Waals surface area contributed by atoms with Crippen molar-refractivity contribution in [2.24, 2.45) is 12.8 Å². The van der Waals surface area contributed by atoms with Crippen molar-refractivity contribution in [2.75, 3.05) is 25.0 Å². The summed E-state index contributed by atoms with van der Waals surface area (Å²) in [5, 5.41) is 19.0. The normalized spacial score (nSPS) is 19.5. The average Bonchev–Trinajstić information content (AvgIpc) is 3.70. The van der Waals surface area contributed by atoms with Gasteiger partial charge in [-0.2, -0.15) is 15.1 Å². The molecule has 5 heterocycles. The number of nitrogens with zero attached hydrogens (tertiary/aromatic N) is 6. The minimum absolute atomic E-state index is 0.0857. The van der Waals surface area contributed by atoms with Crippen LogP contribution in [0.4, 0.5) is 19.0 Å². The number of carbonyl (C=O) groups is 1. The largest absolute Gasteiger partial charge is 0.508 e. The van der Waals surface area contributed by atoms with Crippen LogP contribution in [0.15, 0.2) is 36.5 Å². The fraction of sp³-hybridized carbons (Fsp3) is 0.364. The summed E-state index contributed by atoms with van der Waals surface area (Å²) in [5.74, 6) is -1.89. The molecule has 0 unspecified atom stereocenters. The van der Waals surface area contributed by atoms with Crippen LogP contribution >= 0.6 is 0 Å². The molecule has 2 atom stereocenters.